The van der Waals surface area contributed by atoms with Gasteiger partial charge in [0.05, 0.1) is 11.2 Å². The number of hydrogen-bond donors (Lipinski definition) is 1. The Balaban J connectivity index is 2.39. The van der Waals surface area contributed by atoms with E-state index in [9.17, 15) is 0 Å². The van der Waals surface area contributed by atoms with Crippen LogP contribution in [-0.4, -0.2) is 14.8 Å². The summed E-state index contributed by atoms with van der Waals surface area (Å²) in [6.07, 6.45) is 5.39. The van der Waals surface area contributed by atoms with E-state index in [0.29, 0.717) is 0 Å². The van der Waals surface area contributed by atoms with Crippen molar-refractivity contribution in [3.8, 4) is 5.69 Å². The molecule has 0 aliphatic carbocycles. The van der Waals surface area contributed by atoms with Gasteiger partial charge in [0, 0.05) is 29.7 Å². The fourth-order valence-electron chi connectivity index (χ4n) is 1.78. The second kappa shape index (κ2) is 3.34. The number of nitrogens with two attached hydrogens (primary N) is 1. The number of aromatic nitrogens is 3. The van der Waals surface area contributed by atoms with Crippen molar-refractivity contribution in [3.63, 3.8) is 0 Å². The average molecular weight is 210 g/mol. The highest BCUT2D eigenvalue weighted by Crippen LogP contribution is 2.24. The highest BCUT2D eigenvalue weighted by atomic mass is 15.3. The molecule has 0 aliphatic heterocycles. The van der Waals surface area contributed by atoms with Crippen molar-refractivity contribution in [2.45, 2.75) is 0 Å². The van der Waals surface area contributed by atoms with Gasteiger partial charge in [-0.15, -0.1) is 0 Å². The van der Waals surface area contributed by atoms with E-state index in [1.165, 1.54) is 0 Å². The molecule has 0 atom stereocenters. The predicted octanol–water partition coefficient (Wildman–Crippen LogP) is 2.00. The summed E-state index contributed by atoms with van der Waals surface area (Å²) in [5.74, 6) is 0. The van der Waals surface area contributed by atoms with Crippen LogP contribution in [0.1, 0.15) is 0 Å². The Morgan fingerprint density at radius 1 is 1.06 bits per heavy atom. The maximum absolute atomic E-state index is 5.91. The van der Waals surface area contributed by atoms with Crippen LogP contribution >= 0.6 is 0 Å². The first kappa shape index (κ1) is 8.91. The minimum atomic E-state index is 0.735. The standard InChI is InChI=1S/C12H10N4/c13-10-4-5-11(16-8-2-7-15-16)12-9(10)3-1-6-14-12/h1-8H,13H2. The smallest absolute Gasteiger partial charge is 0.0979 e. The van der Waals surface area contributed by atoms with Crippen LogP contribution in [0.4, 0.5) is 5.69 Å². The molecule has 2 N–H and O–H groups in total. The van der Waals surface area contributed by atoms with Gasteiger partial charge in [0.1, 0.15) is 0 Å². The van der Waals surface area contributed by atoms with E-state index in [4.69, 9.17) is 5.73 Å². The number of fused-ring (bicyclic) bond motifs is 1. The zero-order valence-corrected chi connectivity index (χ0v) is 8.54. The first-order valence-electron chi connectivity index (χ1n) is 4.99. The first-order valence-corrected chi connectivity index (χ1v) is 4.99. The molecule has 0 amide bonds. The molecule has 2 heterocycles. The monoisotopic (exact) mass is 210 g/mol. The Labute approximate surface area is 92.3 Å². The summed E-state index contributed by atoms with van der Waals surface area (Å²) >= 11 is 0. The van der Waals surface area contributed by atoms with Gasteiger partial charge >= 0.3 is 0 Å². The van der Waals surface area contributed by atoms with Crippen LogP contribution in [0.15, 0.2) is 48.9 Å². The Bertz CT molecular complexity index is 629. The molecule has 0 spiro atoms. The molecule has 3 aromatic rings. The SMILES string of the molecule is Nc1ccc(-n2cccn2)c2ncccc12. The van der Waals surface area contributed by atoms with E-state index in [0.717, 1.165) is 22.3 Å². The van der Waals surface area contributed by atoms with Gasteiger partial charge in [0.2, 0.25) is 0 Å². The molecule has 0 unspecified atom stereocenters. The van der Waals surface area contributed by atoms with Crippen molar-refractivity contribution in [1.29, 1.82) is 0 Å². The maximum Gasteiger partial charge on any atom is 0.0979 e. The normalized spacial score (nSPS) is 10.8. The minimum absolute atomic E-state index is 0.735. The quantitative estimate of drug-likeness (QED) is 0.625. The van der Waals surface area contributed by atoms with Crippen molar-refractivity contribution < 1.29 is 0 Å². The van der Waals surface area contributed by atoms with Crippen molar-refractivity contribution in [1.82, 2.24) is 14.8 Å². The lowest BCUT2D eigenvalue weighted by Crippen LogP contribution is -1.98. The van der Waals surface area contributed by atoms with Crippen LogP contribution in [0.5, 0.6) is 0 Å². The van der Waals surface area contributed by atoms with Crippen LogP contribution < -0.4 is 5.73 Å². The van der Waals surface area contributed by atoms with Crippen LogP contribution in [0.25, 0.3) is 16.6 Å². The van der Waals surface area contributed by atoms with E-state index < -0.39 is 0 Å². The molecular formula is C12H10N4. The molecule has 0 saturated carbocycles. The molecule has 0 aliphatic rings. The number of nitrogens with zero attached hydrogens (tertiary/aromatic N) is 3. The van der Waals surface area contributed by atoms with E-state index in [2.05, 4.69) is 10.1 Å². The second-order valence-electron chi connectivity index (χ2n) is 3.52. The zero-order valence-electron chi connectivity index (χ0n) is 8.54. The molecular weight excluding hydrogens is 200 g/mol. The van der Waals surface area contributed by atoms with Crippen LogP contribution in [0.3, 0.4) is 0 Å². The number of nitrogen functional groups attached to an aromatic ring is 1. The Hall–Kier alpha value is -2.36. The van der Waals surface area contributed by atoms with Crippen molar-refractivity contribution >= 4 is 16.6 Å². The van der Waals surface area contributed by atoms with Gasteiger partial charge in [-0.05, 0) is 30.3 Å². The summed E-state index contributed by atoms with van der Waals surface area (Å²) in [6, 6.07) is 9.53. The van der Waals surface area contributed by atoms with Gasteiger partial charge in [-0.2, -0.15) is 5.10 Å². The maximum atomic E-state index is 5.91. The lowest BCUT2D eigenvalue weighted by molar-refractivity contribution is 0.885. The third kappa shape index (κ3) is 1.24. The molecule has 0 fully saturated rings. The highest BCUT2D eigenvalue weighted by molar-refractivity contribution is 5.95. The van der Waals surface area contributed by atoms with E-state index in [-0.39, 0.29) is 0 Å². The highest BCUT2D eigenvalue weighted by Gasteiger charge is 2.06. The van der Waals surface area contributed by atoms with Gasteiger partial charge in [-0.1, -0.05) is 0 Å². The van der Waals surface area contributed by atoms with Crippen LogP contribution in [-0.2, 0) is 0 Å². The third-order valence-corrected chi connectivity index (χ3v) is 2.53. The fourth-order valence-corrected chi connectivity index (χ4v) is 1.78. The Kier molecular flexibility index (Phi) is 1.86. The van der Waals surface area contributed by atoms with Crippen molar-refractivity contribution in [2.75, 3.05) is 5.73 Å². The molecule has 16 heavy (non-hydrogen) atoms. The molecule has 0 bridgehead atoms. The molecule has 4 heteroatoms. The lowest BCUT2D eigenvalue weighted by Gasteiger charge is -2.07. The summed E-state index contributed by atoms with van der Waals surface area (Å²) in [5.41, 5.74) is 8.45. The largest absolute Gasteiger partial charge is 0.398 e. The van der Waals surface area contributed by atoms with Crippen molar-refractivity contribution in [2.24, 2.45) is 0 Å². The summed E-state index contributed by atoms with van der Waals surface area (Å²) in [5, 5.41) is 5.16. The molecule has 2 aromatic heterocycles. The zero-order chi connectivity index (χ0) is 11.0. The summed E-state index contributed by atoms with van der Waals surface area (Å²) in [4.78, 5) is 4.36. The Morgan fingerprint density at radius 2 is 2.00 bits per heavy atom. The molecule has 4 nitrogen and oxygen atoms in total. The third-order valence-electron chi connectivity index (χ3n) is 2.53. The van der Waals surface area contributed by atoms with Crippen LogP contribution in [0.2, 0.25) is 0 Å². The number of anilines is 1. The van der Waals surface area contributed by atoms with E-state index in [1.807, 2.05) is 36.5 Å². The lowest BCUT2D eigenvalue weighted by atomic mass is 10.1. The summed E-state index contributed by atoms with van der Waals surface area (Å²) in [7, 11) is 0. The number of hydrogen-bond acceptors (Lipinski definition) is 3. The molecule has 78 valence electrons. The van der Waals surface area contributed by atoms with Gasteiger partial charge in [0.25, 0.3) is 0 Å². The number of benzene rings is 1. The summed E-state index contributed by atoms with van der Waals surface area (Å²) < 4.78 is 1.79. The van der Waals surface area contributed by atoms with Gasteiger partial charge in [-0.25, -0.2) is 4.68 Å². The van der Waals surface area contributed by atoms with E-state index in [1.54, 1.807) is 17.1 Å². The number of pyridine rings is 1. The average Bonchev–Trinajstić information content (AvgIpc) is 2.83. The minimum Gasteiger partial charge on any atom is -0.398 e. The fraction of sp³-hybridized carbons (Fsp3) is 0. The molecule has 0 radical (unpaired) electrons. The van der Waals surface area contributed by atoms with Gasteiger partial charge in [0.15, 0.2) is 0 Å². The van der Waals surface area contributed by atoms with Gasteiger partial charge < -0.3 is 5.73 Å². The number of rotatable bonds is 1. The molecule has 0 saturated heterocycles. The predicted molar refractivity (Wildman–Crippen MR) is 63.3 cm³/mol. The van der Waals surface area contributed by atoms with E-state index >= 15 is 0 Å². The summed E-state index contributed by atoms with van der Waals surface area (Å²) in [6.45, 7) is 0. The second-order valence-corrected chi connectivity index (χ2v) is 3.52. The topological polar surface area (TPSA) is 56.7 Å². The van der Waals surface area contributed by atoms with Crippen LogP contribution in [0, 0.1) is 0 Å². The Morgan fingerprint density at radius 3 is 2.81 bits per heavy atom. The molecule has 1 aromatic carbocycles. The van der Waals surface area contributed by atoms with Gasteiger partial charge in [-0.3, -0.25) is 4.98 Å². The van der Waals surface area contributed by atoms with Crippen molar-refractivity contribution in [3.05, 3.63) is 48.9 Å². The molecule has 3 rings (SSSR count). The first-order chi connectivity index (χ1) is 7.86.